The Morgan fingerprint density at radius 3 is 2.57 bits per heavy atom. The molecule has 190 valence electrons. The fraction of sp³-hybridized carbons (Fsp3) is 0.429. The number of aromatic nitrogens is 4. The Labute approximate surface area is 216 Å². The van der Waals surface area contributed by atoms with Gasteiger partial charge in [0.05, 0.1) is 23.6 Å². The number of piperidine rings is 1. The molecule has 0 atom stereocenters. The van der Waals surface area contributed by atoms with Crippen molar-refractivity contribution in [3.63, 3.8) is 0 Å². The average Bonchev–Trinajstić information content (AvgIpc) is 3.31. The van der Waals surface area contributed by atoms with Gasteiger partial charge in [-0.15, -0.1) is 0 Å². The summed E-state index contributed by atoms with van der Waals surface area (Å²) < 4.78 is 41.6. The second kappa shape index (κ2) is 11.5. The van der Waals surface area contributed by atoms with Gasteiger partial charge in [0.25, 0.3) is 5.56 Å². The molecule has 0 unspecified atom stereocenters. The highest BCUT2D eigenvalue weighted by molar-refractivity contribution is 14.2. The number of aromatic amines is 1. The van der Waals surface area contributed by atoms with E-state index in [4.69, 9.17) is 0 Å². The van der Waals surface area contributed by atoms with Crippen LogP contribution >= 0.6 is 30.3 Å². The first-order valence-electron chi connectivity index (χ1n) is 10.9. The van der Waals surface area contributed by atoms with Crippen molar-refractivity contribution in [2.45, 2.75) is 38.9 Å². The number of carbonyl (C=O) groups excluding carboxylic acids is 1. The molecule has 1 saturated heterocycles. The number of hydrogen-bond acceptors (Lipinski definition) is 6. The lowest BCUT2D eigenvalue weighted by Gasteiger charge is -2.37. The van der Waals surface area contributed by atoms with Gasteiger partial charge in [0.1, 0.15) is 5.69 Å². The summed E-state index contributed by atoms with van der Waals surface area (Å²) in [5.74, 6) is 0. The molecule has 1 aliphatic heterocycles. The molecule has 1 fully saturated rings. The third-order valence-corrected chi connectivity index (χ3v) is 7.35. The smallest absolute Gasteiger partial charge is 0.370 e. The number of rotatable bonds is 4. The number of fused-ring (bicyclic) bond motifs is 1. The standard InChI is InChI=1S/C19H19F3IN7O2S.C2H6/c1-28-10-12(19(20,21)22)7-15(17(28)31)26-18(32)30(33-23)13-2-4-29(5-3-13)14-6-11-8-25-27-16(11)24-9-14;1-2/h6-10,13H,2-5H2,1H3,(H,26,32)(H,24,25,27);1-2H3. The first kappa shape index (κ1) is 27.1. The summed E-state index contributed by atoms with van der Waals surface area (Å²) in [5, 5.41) is 10.1. The number of pyridine rings is 2. The molecule has 2 N–H and O–H groups in total. The van der Waals surface area contributed by atoms with Crippen LogP contribution in [0.5, 0.6) is 0 Å². The third-order valence-electron chi connectivity index (χ3n) is 5.46. The number of aryl methyl sites for hydroxylation is 1. The third kappa shape index (κ3) is 6.20. The molecule has 1 aliphatic rings. The summed E-state index contributed by atoms with van der Waals surface area (Å²) in [6.45, 7) is 5.34. The highest BCUT2D eigenvalue weighted by atomic mass is 127. The zero-order valence-corrected chi connectivity index (χ0v) is 22.2. The van der Waals surface area contributed by atoms with E-state index in [-0.39, 0.29) is 6.04 Å². The van der Waals surface area contributed by atoms with Crippen molar-refractivity contribution in [2.75, 3.05) is 23.3 Å². The molecule has 0 bridgehead atoms. The summed E-state index contributed by atoms with van der Waals surface area (Å²) in [4.78, 5) is 31.6. The number of H-pyrrole nitrogens is 1. The maximum Gasteiger partial charge on any atom is 0.417 e. The van der Waals surface area contributed by atoms with Crippen molar-refractivity contribution in [1.29, 1.82) is 0 Å². The first-order valence-corrected chi connectivity index (χ1v) is 14.2. The average molecular weight is 623 g/mol. The number of nitrogens with one attached hydrogen (secondary N) is 2. The van der Waals surface area contributed by atoms with E-state index >= 15 is 0 Å². The van der Waals surface area contributed by atoms with Crippen molar-refractivity contribution in [1.82, 2.24) is 24.1 Å². The van der Waals surface area contributed by atoms with Crippen LogP contribution in [0.15, 0.2) is 35.5 Å². The van der Waals surface area contributed by atoms with Crippen molar-refractivity contribution >= 4 is 58.8 Å². The van der Waals surface area contributed by atoms with Gasteiger partial charge in [-0.25, -0.2) is 9.78 Å². The lowest BCUT2D eigenvalue weighted by Crippen LogP contribution is -2.45. The predicted octanol–water partition coefficient (Wildman–Crippen LogP) is 5.20. The van der Waals surface area contributed by atoms with Crippen LogP contribution in [0, 0.1) is 0 Å². The second-order valence-corrected chi connectivity index (χ2v) is 9.31. The van der Waals surface area contributed by atoms with Crippen LogP contribution < -0.4 is 15.8 Å². The van der Waals surface area contributed by atoms with Crippen LogP contribution in [-0.4, -0.2) is 49.2 Å². The van der Waals surface area contributed by atoms with E-state index in [1.165, 1.54) is 11.4 Å². The molecule has 4 rings (SSSR count). The fourth-order valence-corrected chi connectivity index (χ4v) is 5.67. The Morgan fingerprint density at radius 1 is 1.26 bits per heavy atom. The number of halogens is 4. The maximum absolute atomic E-state index is 13.1. The van der Waals surface area contributed by atoms with Gasteiger partial charge in [0.2, 0.25) is 0 Å². The number of alkyl halides is 3. The van der Waals surface area contributed by atoms with Gasteiger partial charge in [-0.05, 0) is 25.0 Å². The minimum Gasteiger partial charge on any atom is -0.370 e. The Morgan fingerprint density at radius 2 is 1.94 bits per heavy atom. The van der Waals surface area contributed by atoms with E-state index in [0.717, 1.165) is 24.8 Å². The molecule has 4 heterocycles. The molecule has 0 radical (unpaired) electrons. The Balaban J connectivity index is 0.00000167. The molecular formula is C21H25F3IN7O2S. The highest BCUT2D eigenvalue weighted by Gasteiger charge is 2.33. The summed E-state index contributed by atoms with van der Waals surface area (Å²) in [7, 11) is 2.35. The molecule has 0 spiro atoms. The summed E-state index contributed by atoms with van der Waals surface area (Å²) in [6, 6.07) is 1.87. The number of nitrogens with zero attached hydrogens (tertiary/aromatic N) is 5. The number of anilines is 2. The van der Waals surface area contributed by atoms with E-state index in [9.17, 15) is 22.8 Å². The molecular weight excluding hydrogens is 598 g/mol. The van der Waals surface area contributed by atoms with Gasteiger partial charge in [-0.1, -0.05) is 13.8 Å². The largest absolute Gasteiger partial charge is 0.417 e. The lowest BCUT2D eigenvalue weighted by molar-refractivity contribution is -0.138. The zero-order valence-electron chi connectivity index (χ0n) is 19.3. The number of carbonyl (C=O) groups is 1. The lowest BCUT2D eigenvalue weighted by atomic mass is 10.0. The zero-order chi connectivity index (χ0) is 25.8. The van der Waals surface area contributed by atoms with Crippen LogP contribution in [0.4, 0.5) is 29.3 Å². The Hall–Kier alpha value is -2.49. The molecule has 35 heavy (non-hydrogen) atoms. The molecule has 2 amide bonds. The van der Waals surface area contributed by atoms with Crippen molar-refractivity contribution < 1.29 is 18.0 Å². The van der Waals surface area contributed by atoms with Gasteiger partial charge in [0, 0.05) is 68.1 Å². The van der Waals surface area contributed by atoms with Gasteiger partial charge < -0.3 is 14.8 Å². The summed E-state index contributed by atoms with van der Waals surface area (Å²) in [5.41, 5.74) is -0.479. The normalized spacial score (nSPS) is 14.4. The first-order chi connectivity index (χ1) is 16.7. The molecule has 3 aromatic heterocycles. The van der Waals surface area contributed by atoms with Gasteiger partial charge >= 0.3 is 12.2 Å². The quantitative estimate of drug-likeness (QED) is 0.306. The molecule has 0 saturated carbocycles. The van der Waals surface area contributed by atoms with Crippen LogP contribution in [-0.2, 0) is 13.2 Å². The van der Waals surface area contributed by atoms with Crippen molar-refractivity contribution in [3.8, 4) is 0 Å². The van der Waals surface area contributed by atoms with Crippen LogP contribution in [0.2, 0.25) is 0 Å². The number of hydrogen-bond donors (Lipinski definition) is 2. The monoisotopic (exact) mass is 623 g/mol. The van der Waals surface area contributed by atoms with Gasteiger partial charge in [-0.3, -0.25) is 14.2 Å². The summed E-state index contributed by atoms with van der Waals surface area (Å²) in [6.07, 6.45) is 0.830. The van der Waals surface area contributed by atoms with E-state index in [1.54, 1.807) is 12.4 Å². The van der Waals surface area contributed by atoms with E-state index in [2.05, 4.69) is 25.4 Å². The Bertz CT molecular complexity index is 1230. The number of urea groups is 1. The Kier molecular flexibility index (Phi) is 8.90. The van der Waals surface area contributed by atoms with Crippen molar-refractivity contribution in [2.24, 2.45) is 7.05 Å². The number of amides is 2. The highest BCUT2D eigenvalue weighted by Crippen LogP contribution is 2.32. The van der Waals surface area contributed by atoms with Crippen LogP contribution in [0.1, 0.15) is 32.3 Å². The maximum atomic E-state index is 13.1. The van der Waals surface area contributed by atoms with E-state index < -0.39 is 29.0 Å². The second-order valence-electron chi connectivity index (χ2n) is 7.60. The minimum atomic E-state index is -4.64. The molecule has 0 aliphatic carbocycles. The van der Waals surface area contributed by atoms with Crippen LogP contribution in [0.25, 0.3) is 11.0 Å². The minimum absolute atomic E-state index is 0.150. The van der Waals surface area contributed by atoms with Gasteiger partial charge in [0.15, 0.2) is 5.65 Å². The molecule has 0 aromatic carbocycles. The molecule has 14 heteroatoms. The van der Waals surface area contributed by atoms with Crippen LogP contribution in [0.3, 0.4) is 0 Å². The summed E-state index contributed by atoms with van der Waals surface area (Å²) >= 11 is 1.95. The van der Waals surface area contributed by atoms with E-state index in [1.807, 2.05) is 41.1 Å². The fourth-order valence-electron chi connectivity index (χ4n) is 3.74. The molecule has 9 nitrogen and oxygen atoms in total. The van der Waals surface area contributed by atoms with Gasteiger partial charge in [-0.2, -0.15) is 18.3 Å². The van der Waals surface area contributed by atoms with E-state index in [0.29, 0.717) is 43.8 Å². The van der Waals surface area contributed by atoms with Crippen molar-refractivity contribution in [3.05, 3.63) is 46.6 Å². The predicted molar refractivity (Wildman–Crippen MR) is 140 cm³/mol. The molecule has 3 aromatic rings. The topological polar surface area (TPSA) is 99.2 Å². The SMILES string of the molecule is CC.Cn1cc(C(F)(F)F)cc(NC(=O)N(SI)C2CCN(c3cnc4[nH]ncc4c3)CC2)c1=O.